The van der Waals surface area contributed by atoms with Crippen LogP contribution in [-0.4, -0.2) is 43.3 Å². The number of hydrogen-bond acceptors (Lipinski definition) is 5. The molecule has 0 spiro atoms. The van der Waals surface area contributed by atoms with Crippen molar-refractivity contribution < 1.29 is 22.8 Å². The average Bonchev–Trinajstić information content (AvgIpc) is 3.35. The maximum atomic E-state index is 12.7. The molecule has 2 aliphatic carbocycles. The molecule has 140 valence electrons. The Bertz CT molecular complexity index is 985. The summed E-state index contributed by atoms with van der Waals surface area (Å²) in [5.41, 5.74) is 0.545. The number of nitrogens with one attached hydrogen (secondary N) is 1. The molecule has 1 aromatic carbocycles. The largest absolute Gasteiger partial charge is 0.347 e. The summed E-state index contributed by atoms with van der Waals surface area (Å²) in [7, 11) is -3.44. The maximum absolute atomic E-state index is 12.7. The van der Waals surface area contributed by atoms with Gasteiger partial charge in [0.15, 0.2) is 9.84 Å². The zero-order valence-electron chi connectivity index (χ0n) is 14.4. The number of allylic oxidation sites excluding steroid dienone is 2. The van der Waals surface area contributed by atoms with E-state index in [4.69, 9.17) is 0 Å². The molecule has 2 aliphatic heterocycles. The molecule has 1 N–H and O–H groups in total. The summed E-state index contributed by atoms with van der Waals surface area (Å²) in [4.78, 5) is 39.1. The van der Waals surface area contributed by atoms with Gasteiger partial charge in [-0.25, -0.2) is 8.42 Å². The summed E-state index contributed by atoms with van der Waals surface area (Å²) < 4.78 is 24.5. The van der Waals surface area contributed by atoms with Crippen LogP contribution in [-0.2, 0) is 24.2 Å². The fraction of sp³-hybridized carbons (Fsp3) is 0.421. The molecule has 27 heavy (non-hydrogen) atoms. The number of rotatable bonds is 3. The summed E-state index contributed by atoms with van der Waals surface area (Å²) in [6.07, 6.45) is 4.84. The number of imide groups is 1. The third-order valence-corrected chi connectivity index (χ3v) is 8.03. The minimum atomic E-state index is -3.44. The molecule has 8 heteroatoms. The van der Waals surface area contributed by atoms with Crippen molar-refractivity contribution in [3.63, 3.8) is 0 Å². The van der Waals surface area contributed by atoms with Gasteiger partial charge in [-0.3, -0.25) is 19.3 Å². The van der Waals surface area contributed by atoms with E-state index in [-0.39, 0.29) is 52.7 Å². The van der Waals surface area contributed by atoms with E-state index in [1.807, 2.05) is 12.2 Å². The van der Waals surface area contributed by atoms with Crippen LogP contribution in [0.15, 0.2) is 41.3 Å². The zero-order chi connectivity index (χ0) is 18.9. The van der Waals surface area contributed by atoms with Crippen LogP contribution in [0.25, 0.3) is 0 Å². The van der Waals surface area contributed by atoms with Crippen LogP contribution < -0.4 is 5.32 Å². The summed E-state index contributed by atoms with van der Waals surface area (Å²) in [5, 5.41) is 2.68. The molecule has 7 nitrogen and oxygen atoms in total. The van der Waals surface area contributed by atoms with Gasteiger partial charge in [0.1, 0.15) is 6.54 Å². The number of carbonyl (C=O) groups is 3. The van der Waals surface area contributed by atoms with Gasteiger partial charge in [0, 0.05) is 0 Å². The lowest BCUT2D eigenvalue weighted by atomic mass is 9.85. The number of likely N-dealkylation sites (tertiary alicyclic amines) is 1. The van der Waals surface area contributed by atoms with Gasteiger partial charge in [-0.05, 0) is 29.9 Å². The Morgan fingerprint density at radius 1 is 1.07 bits per heavy atom. The molecular weight excluding hydrogens is 368 g/mol. The van der Waals surface area contributed by atoms with Crippen molar-refractivity contribution in [3.8, 4) is 0 Å². The number of hydrogen-bond donors (Lipinski definition) is 1. The van der Waals surface area contributed by atoms with Crippen LogP contribution >= 0.6 is 0 Å². The van der Waals surface area contributed by atoms with Gasteiger partial charge in [-0.2, -0.15) is 0 Å². The zero-order valence-corrected chi connectivity index (χ0v) is 15.2. The number of amides is 3. The number of benzene rings is 1. The first-order chi connectivity index (χ1) is 12.9. The minimum absolute atomic E-state index is 0.0939. The van der Waals surface area contributed by atoms with Crippen molar-refractivity contribution in [1.29, 1.82) is 0 Å². The van der Waals surface area contributed by atoms with Gasteiger partial charge in [0.25, 0.3) is 0 Å². The first-order valence-corrected chi connectivity index (χ1v) is 10.7. The number of nitrogens with zero attached hydrogens (tertiary/aromatic N) is 1. The lowest BCUT2D eigenvalue weighted by molar-refractivity contribution is -0.144. The second kappa shape index (κ2) is 5.51. The molecule has 1 saturated carbocycles. The normalized spacial score (nSPS) is 34.8. The Labute approximate surface area is 156 Å². The summed E-state index contributed by atoms with van der Waals surface area (Å²) in [6, 6.07) is 5.89. The van der Waals surface area contributed by atoms with Gasteiger partial charge >= 0.3 is 0 Å². The minimum Gasteiger partial charge on any atom is -0.347 e. The van der Waals surface area contributed by atoms with Crippen molar-refractivity contribution in [2.45, 2.75) is 17.4 Å². The maximum Gasteiger partial charge on any atom is 0.240 e. The first kappa shape index (κ1) is 16.7. The van der Waals surface area contributed by atoms with Crippen LogP contribution in [0.3, 0.4) is 0 Å². The molecule has 0 radical (unpaired) electrons. The molecule has 5 atom stereocenters. The van der Waals surface area contributed by atoms with Crippen LogP contribution in [0.5, 0.6) is 0 Å². The molecule has 5 unspecified atom stereocenters. The molecule has 2 fully saturated rings. The highest BCUT2D eigenvalue weighted by Gasteiger charge is 2.59. The number of fused-ring (bicyclic) bond motifs is 6. The number of sulfone groups is 1. The van der Waals surface area contributed by atoms with Gasteiger partial charge in [0.05, 0.1) is 28.5 Å². The van der Waals surface area contributed by atoms with E-state index in [1.54, 1.807) is 18.2 Å². The monoisotopic (exact) mass is 386 g/mol. The summed E-state index contributed by atoms with van der Waals surface area (Å²) in [6.45, 7) is -0.358. The highest BCUT2D eigenvalue weighted by molar-refractivity contribution is 7.91. The van der Waals surface area contributed by atoms with E-state index in [0.717, 1.165) is 11.3 Å². The fourth-order valence-electron chi connectivity index (χ4n) is 5.07. The molecular formula is C19H18N2O5S. The van der Waals surface area contributed by atoms with Crippen molar-refractivity contribution in [3.05, 3.63) is 42.0 Å². The summed E-state index contributed by atoms with van der Waals surface area (Å²) >= 11 is 0. The van der Waals surface area contributed by atoms with Gasteiger partial charge in [-0.1, -0.05) is 30.4 Å². The molecule has 5 rings (SSSR count). The Morgan fingerprint density at radius 3 is 2.37 bits per heavy atom. The van der Waals surface area contributed by atoms with E-state index in [0.29, 0.717) is 5.56 Å². The third kappa shape index (κ3) is 2.32. The summed E-state index contributed by atoms with van der Waals surface area (Å²) in [5.74, 6) is -1.78. The second-order valence-electron chi connectivity index (χ2n) is 7.70. The molecule has 0 aromatic heterocycles. The Morgan fingerprint density at radius 2 is 1.70 bits per heavy atom. The van der Waals surface area contributed by atoms with Crippen LogP contribution in [0.1, 0.15) is 18.0 Å². The van der Waals surface area contributed by atoms with Gasteiger partial charge in [0.2, 0.25) is 17.7 Å². The van der Waals surface area contributed by atoms with E-state index in [2.05, 4.69) is 5.32 Å². The average molecular weight is 386 g/mol. The topological polar surface area (TPSA) is 101 Å². The second-order valence-corrected chi connectivity index (χ2v) is 9.70. The standard InChI is InChI=1S/C19H18N2O5S/c22-15(20-13-9-27(25,26)14-4-2-1-3-12(13)14)8-21-18(23)16-10-5-6-11(7-10)17(16)19(21)24/h1-6,10-11,13,16-17H,7-9H2,(H,20,22). The predicted molar refractivity (Wildman–Crippen MR) is 93.8 cm³/mol. The molecule has 4 aliphatic rings. The lowest BCUT2D eigenvalue weighted by Gasteiger charge is -2.19. The SMILES string of the molecule is O=C(CN1C(=O)C2C3C=CC(C3)C2C1=O)NC1CS(=O)(=O)c2ccccc21. The van der Waals surface area contributed by atoms with E-state index in [9.17, 15) is 22.8 Å². The Hall–Kier alpha value is -2.48. The van der Waals surface area contributed by atoms with Gasteiger partial charge < -0.3 is 5.32 Å². The third-order valence-electron chi connectivity index (χ3n) is 6.21. The molecule has 2 heterocycles. The fourth-order valence-corrected chi connectivity index (χ4v) is 6.81. The van der Waals surface area contributed by atoms with Crippen molar-refractivity contribution in [2.75, 3.05) is 12.3 Å². The molecule has 1 saturated heterocycles. The first-order valence-electron chi connectivity index (χ1n) is 9.01. The highest BCUT2D eigenvalue weighted by Crippen LogP contribution is 2.52. The van der Waals surface area contributed by atoms with E-state index < -0.39 is 21.8 Å². The van der Waals surface area contributed by atoms with Crippen LogP contribution in [0, 0.1) is 23.7 Å². The van der Waals surface area contributed by atoms with Crippen molar-refractivity contribution >= 4 is 27.6 Å². The molecule has 1 aromatic rings. The van der Waals surface area contributed by atoms with Crippen LogP contribution in [0.2, 0.25) is 0 Å². The predicted octanol–water partition coefficient (Wildman–Crippen LogP) is 0.438. The Kier molecular flexibility index (Phi) is 3.40. The van der Waals surface area contributed by atoms with Gasteiger partial charge in [-0.15, -0.1) is 0 Å². The van der Waals surface area contributed by atoms with E-state index >= 15 is 0 Å². The highest BCUT2D eigenvalue weighted by atomic mass is 32.2. The van der Waals surface area contributed by atoms with E-state index in [1.165, 1.54) is 6.07 Å². The number of carbonyl (C=O) groups excluding carboxylic acids is 3. The molecule has 2 bridgehead atoms. The lowest BCUT2D eigenvalue weighted by Crippen LogP contribution is -2.43. The quantitative estimate of drug-likeness (QED) is 0.600. The Balaban J connectivity index is 1.31. The van der Waals surface area contributed by atoms with Crippen molar-refractivity contribution in [1.82, 2.24) is 10.2 Å². The smallest absolute Gasteiger partial charge is 0.240 e. The van der Waals surface area contributed by atoms with Crippen LogP contribution in [0.4, 0.5) is 0 Å². The van der Waals surface area contributed by atoms with Crippen molar-refractivity contribution in [2.24, 2.45) is 23.7 Å². The molecule has 3 amide bonds.